The molecule has 2 aliphatic heterocycles. The van der Waals surface area contributed by atoms with Crippen molar-refractivity contribution >= 4 is 33.3 Å². The molecule has 1 aromatic carbocycles. The lowest BCUT2D eigenvalue weighted by atomic mass is 9.87. The van der Waals surface area contributed by atoms with Crippen molar-refractivity contribution in [1.29, 1.82) is 0 Å². The third-order valence-corrected chi connectivity index (χ3v) is 7.20. The minimum atomic E-state index is -0.0106. The Hall–Kier alpha value is -2.47. The van der Waals surface area contributed by atoms with Gasteiger partial charge in [-0.3, -0.25) is 4.79 Å². The molecule has 4 heterocycles. The summed E-state index contributed by atoms with van der Waals surface area (Å²) in [6.45, 7) is 2.64. The molecule has 0 bridgehead atoms. The summed E-state index contributed by atoms with van der Waals surface area (Å²) in [4.78, 5) is 26.3. The van der Waals surface area contributed by atoms with Crippen molar-refractivity contribution in [1.82, 2.24) is 14.9 Å². The molecule has 28 heavy (non-hydrogen) atoms. The Kier molecular flexibility index (Phi) is 4.51. The number of hydrogen-bond acceptors (Lipinski definition) is 5. The molecular weight excluding hydrogens is 368 g/mol. The first kappa shape index (κ1) is 17.6. The van der Waals surface area contributed by atoms with Gasteiger partial charge in [-0.05, 0) is 42.7 Å². The van der Waals surface area contributed by atoms with Crippen molar-refractivity contribution < 1.29 is 4.79 Å². The van der Waals surface area contributed by atoms with E-state index >= 15 is 0 Å². The van der Waals surface area contributed by atoms with Crippen LogP contribution in [0.3, 0.4) is 0 Å². The molecule has 2 aromatic heterocycles. The van der Waals surface area contributed by atoms with E-state index in [2.05, 4.69) is 55.5 Å². The maximum absolute atomic E-state index is 12.7. The second-order valence-corrected chi connectivity index (χ2v) is 8.78. The minimum absolute atomic E-state index is 0.0106. The lowest BCUT2D eigenvalue weighted by Crippen LogP contribution is -2.46. The van der Waals surface area contributed by atoms with E-state index in [4.69, 9.17) is 0 Å². The van der Waals surface area contributed by atoms with Gasteiger partial charge in [-0.25, -0.2) is 9.97 Å². The Bertz CT molecular complexity index is 988. The van der Waals surface area contributed by atoms with Crippen LogP contribution in [-0.4, -0.2) is 39.4 Å². The number of likely N-dealkylation sites (tertiary alicyclic amines) is 1. The van der Waals surface area contributed by atoms with Gasteiger partial charge in [0, 0.05) is 31.6 Å². The summed E-state index contributed by atoms with van der Waals surface area (Å²) in [5.74, 6) is 1.36. The van der Waals surface area contributed by atoms with Crippen LogP contribution >= 0.6 is 11.3 Å². The molecule has 144 valence electrons. The van der Waals surface area contributed by atoms with Crippen molar-refractivity contribution in [3.8, 4) is 0 Å². The van der Waals surface area contributed by atoms with Gasteiger partial charge in [0.15, 0.2) is 0 Å². The van der Waals surface area contributed by atoms with Crippen LogP contribution in [0.4, 0.5) is 5.82 Å². The first-order valence-electron chi connectivity index (χ1n) is 10.0. The van der Waals surface area contributed by atoms with Crippen LogP contribution in [0, 0.1) is 0 Å². The topological polar surface area (TPSA) is 49.3 Å². The highest BCUT2D eigenvalue weighted by Gasteiger charge is 2.45. The molecule has 5 rings (SSSR count). The Morgan fingerprint density at radius 3 is 2.82 bits per heavy atom. The maximum Gasteiger partial charge on any atom is 0.223 e. The summed E-state index contributed by atoms with van der Waals surface area (Å²) in [7, 11) is 0. The molecule has 2 aliphatic rings. The number of aromatic nitrogens is 2. The molecule has 3 aromatic rings. The molecule has 6 heteroatoms. The van der Waals surface area contributed by atoms with Crippen molar-refractivity contribution in [2.24, 2.45) is 0 Å². The Labute approximate surface area is 169 Å². The molecule has 5 nitrogen and oxygen atoms in total. The molecule has 1 atom stereocenters. The molecule has 0 N–H and O–H groups in total. The van der Waals surface area contributed by atoms with Crippen LogP contribution in [-0.2, 0) is 11.3 Å². The fourth-order valence-electron chi connectivity index (χ4n) is 4.81. The summed E-state index contributed by atoms with van der Waals surface area (Å²) >= 11 is 1.71. The van der Waals surface area contributed by atoms with Crippen LogP contribution in [0.1, 0.15) is 37.7 Å². The zero-order chi connectivity index (χ0) is 19.0. The van der Waals surface area contributed by atoms with Gasteiger partial charge in [0.25, 0.3) is 0 Å². The Balaban J connectivity index is 1.39. The lowest BCUT2D eigenvalue weighted by molar-refractivity contribution is -0.132. The highest BCUT2D eigenvalue weighted by molar-refractivity contribution is 7.17. The Morgan fingerprint density at radius 2 is 1.93 bits per heavy atom. The number of hydrogen-bond donors (Lipinski definition) is 0. The van der Waals surface area contributed by atoms with Crippen molar-refractivity contribution in [3.63, 3.8) is 0 Å². The monoisotopic (exact) mass is 392 g/mol. The third kappa shape index (κ3) is 3.05. The number of thiophene rings is 1. The van der Waals surface area contributed by atoms with E-state index in [1.807, 2.05) is 6.07 Å². The smallest absolute Gasteiger partial charge is 0.223 e. The quantitative estimate of drug-likeness (QED) is 0.669. The third-order valence-electron chi connectivity index (χ3n) is 6.30. The van der Waals surface area contributed by atoms with Crippen LogP contribution in [0.5, 0.6) is 0 Å². The molecule has 1 spiro atoms. The zero-order valence-corrected chi connectivity index (χ0v) is 16.7. The van der Waals surface area contributed by atoms with E-state index < -0.39 is 0 Å². The van der Waals surface area contributed by atoms with Gasteiger partial charge in [-0.2, -0.15) is 0 Å². The molecule has 0 saturated carbocycles. The second kappa shape index (κ2) is 7.17. The van der Waals surface area contributed by atoms with Crippen molar-refractivity contribution in [2.45, 2.75) is 44.2 Å². The molecular formula is C22H24N4OS. The van der Waals surface area contributed by atoms with Gasteiger partial charge in [0.2, 0.25) is 5.91 Å². The number of rotatable bonds is 3. The van der Waals surface area contributed by atoms with Crippen LogP contribution in [0.2, 0.25) is 0 Å². The van der Waals surface area contributed by atoms with Gasteiger partial charge in [-0.15, -0.1) is 11.3 Å². The van der Waals surface area contributed by atoms with Crippen molar-refractivity contribution in [2.75, 3.05) is 18.0 Å². The standard InChI is InChI=1S/C22H24N4OS/c27-19-7-10-22(26(19)15-17-5-2-1-3-6-17)9-4-12-25(13-11-22)21-20-18(8-14-28-20)23-16-24-21/h1-3,5-6,8,14,16H,4,7,9-13,15H2. The average Bonchev–Trinajstić information content (AvgIpc) is 3.25. The first-order chi connectivity index (χ1) is 13.8. The summed E-state index contributed by atoms with van der Waals surface area (Å²) in [5.41, 5.74) is 2.23. The molecule has 0 aliphatic carbocycles. The highest BCUT2D eigenvalue weighted by atomic mass is 32.1. The summed E-state index contributed by atoms with van der Waals surface area (Å²) in [6, 6.07) is 12.4. The van der Waals surface area contributed by atoms with Gasteiger partial charge < -0.3 is 9.80 Å². The first-order valence-corrected chi connectivity index (χ1v) is 10.9. The molecule has 1 unspecified atom stereocenters. The van der Waals surface area contributed by atoms with E-state index in [1.165, 1.54) is 10.3 Å². The van der Waals surface area contributed by atoms with Crippen LogP contribution in [0.25, 0.3) is 10.2 Å². The predicted molar refractivity (Wildman–Crippen MR) is 112 cm³/mol. The normalized spacial score (nSPS) is 22.9. The van der Waals surface area contributed by atoms with Crippen LogP contribution < -0.4 is 4.90 Å². The molecule has 2 saturated heterocycles. The number of fused-ring (bicyclic) bond motifs is 1. The minimum Gasteiger partial charge on any atom is -0.355 e. The van der Waals surface area contributed by atoms with Crippen molar-refractivity contribution in [3.05, 3.63) is 53.7 Å². The van der Waals surface area contributed by atoms with E-state index in [9.17, 15) is 4.79 Å². The predicted octanol–water partition coefficient (Wildman–Crippen LogP) is 4.24. The van der Waals surface area contributed by atoms with Crippen LogP contribution in [0.15, 0.2) is 48.1 Å². The summed E-state index contributed by atoms with van der Waals surface area (Å²) in [6.07, 6.45) is 6.48. The van der Waals surface area contributed by atoms with E-state index in [-0.39, 0.29) is 5.54 Å². The fraction of sp³-hybridized carbons (Fsp3) is 0.409. The number of nitrogens with zero attached hydrogens (tertiary/aromatic N) is 4. The largest absolute Gasteiger partial charge is 0.355 e. The molecule has 2 fully saturated rings. The molecule has 0 radical (unpaired) electrons. The molecule has 1 amide bonds. The zero-order valence-electron chi connectivity index (χ0n) is 15.9. The fourth-order valence-corrected chi connectivity index (χ4v) is 5.67. The van der Waals surface area contributed by atoms with Gasteiger partial charge in [0.05, 0.1) is 10.2 Å². The SMILES string of the molecule is O=C1CCC2(CCCN(c3ncnc4ccsc34)CC2)N1Cc1ccccc1. The lowest BCUT2D eigenvalue weighted by Gasteiger charge is -2.38. The van der Waals surface area contributed by atoms with E-state index in [0.29, 0.717) is 12.3 Å². The number of carbonyl (C=O) groups excluding carboxylic acids is 1. The maximum atomic E-state index is 12.7. The van der Waals surface area contributed by atoms with E-state index in [1.54, 1.807) is 17.7 Å². The Morgan fingerprint density at radius 1 is 1.04 bits per heavy atom. The van der Waals surface area contributed by atoms with Gasteiger partial charge in [0.1, 0.15) is 12.1 Å². The second-order valence-electron chi connectivity index (χ2n) is 7.86. The average molecular weight is 393 g/mol. The van der Waals surface area contributed by atoms with Gasteiger partial charge >= 0.3 is 0 Å². The van der Waals surface area contributed by atoms with Gasteiger partial charge in [-0.1, -0.05) is 30.3 Å². The number of benzene rings is 1. The highest BCUT2D eigenvalue weighted by Crippen LogP contribution is 2.41. The summed E-state index contributed by atoms with van der Waals surface area (Å²) < 4.78 is 1.17. The number of anilines is 1. The number of amides is 1. The van der Waals surface area contributed by atoms with E-state index in [0.717, 1.165) is 56.7 Å². The number of carbonyl (C=O) groups is 1. The summed E-state index contributed by atoms with van der Waals surface area (Å²) in [5, 5.41) is 2.08.